The number of likely N-dealkylation sites (N-methyl/N-ethyl adjacent to an activating group) is 1. The molecule has 3 rings (SSSR count). The number of hydrogen-bond donors (Lipinski definition) is 3. The number of carbonyl (C=O) groups is 2. The minimum absolute atomic E-state index is 0.113. The summed E-state index contributed by atoms with van der Waals surface area (Å²) in [4.78, 5) is 35.3. The van der Waals surface area contributed by atoms with E-state index in [-0.39, 0.29) is 30.8 Å². The maximum atomic E-state index is 13.4. The molecule has 0 spiro atoms. The van der Waals surface area contributed by atoms with Gasteiger partial charge in [0.05, 0.1) is 34.3 Å². The van der Waals surface area contributed by atoms with Crippen LogP contribution in [0.4, 0.5) is 0 Å². The van der Waals surface area contributed by atoms with Crippen LogP contribution in [-0.4, -0.2) is 77.1 Å². The lowest BCUT2D eigenvalue weighted by molar-refractivity contribution is -0.141. The van der Waals surface area contributed by atoms with E-state index in [9.17, 15) is 14.7 Å². The summed E-state index contributed by atoms with van der Waals surface area (Å²) in [6, 6.07) is 6.35. The van der Waals surface area contributed by atoms with Crippen LogP contribution in [0.15, 0.2) is 29.8 Å². The van der Waals surface area contributed by atoms with Crippen molar-refractivity contribution < 1.29 is 14.7 Å². The molecule has 9 heteroatoms. The molecule has 1 aromatic heterocycles. The molecule has 4 N–H and O–H groups in total. The Bertz CT molecular complexity index is 999. The maximum absolute atomic E-state index is 13.4. The molecule has 34 heavy (non-hydrogen) atoms. The van der Waals surface area contributed by atoms with Crippen molar-refractivity contribution in [2.24, 2.45) is 11.1 Å². The van der Waals surface area contributed by atoms with Gasteiger partial charge in [0.2, 0.25) is 11.8 Å². The van der Waals surface area contributed by atoms with E-state index in [1.807, 2.05) is 76.5 Å². The molecule has 1 aliphatic heterocycles. The van der Waals surface area contributed by atoms with Crippen molar-refractivity contribution in [1.29, 1.82) is 0 Å². The van der Waals surface area contributed by atoms with Crippen LogP contribution in [0.1, 0.15) is 44.5 Å². The lowest BCUT2D eigenvalue weighted by atomic mass is 9.86. The monoisotopic (exact) mass is 487 g/mol. The predicted molar refractivity (Wildman–Crippen MR) is 135 cm³/mol. The summed E-state index contributed by atoms with van der Waals surface area (Å²) in [5, 5.41) is 13.4. The quantitative estimate of drug-likeness (QED) is 0.552. The van der Waals surface area contributed by atoms with Crippen LogP contribution in [-0.2, 0) is 9.59 Å². The van der Waals surface area contributed by atoms with Crippen molar-refractivity contribution >= 4 is 23.2 Å². The number of nitrogens with zero attached hydrogens (tertiary/aromatic N) is 3. The highest BCUT2D eigenvalue weighted by molar-refractivity contribution is 7.13. The Morgan fingerprint density at radius 3 is 2.47 bits per heavy atom. The summed E-state index contributed by atoms with van der Waals surface area (Å²) in [5.41, 5.74) is 10.6. The van der Waals surface area contributed by atoms with Gasteiger partial charge in [-0.15, -0.1) is 11.3 Å². The first kappa shape index (κ1) is 26.3. The van der Waals surface area contributed by atoms with Gasteiger partial charge in [0, 0.05) is 19.5 Å². The number of hydrogen-bond acceptors (Lipinski definition) is 7. The molecule has 4 atom stereocenters. The van der Waals surface area contributed by atoms with Gasteiger partial charge >= 0.3 is 0 Å². The second kappa shape index (κ2) is 10.5. The summed E-state index contributed by atoms with van der Waals surface area (Å²) in [6.45, 7) is 8.37. The molecule has 0 bridgehead atoms. The third kappa shape index (κ3) is 6.02. The van der Waals surface area contributed by atoms with Gasteiger partial charge in [0.15, 0.2) is 0 Å². The van der Waals surface area contributed by atoms with Gasteiger partial charge in [0.1, 0.15) is 6.04 Å². The standard InChI is InChI=1S/C25H37N5O3S/c1-15-21(34-14-27-15)17-9-7-16(8-10-17)19(13-29(5)6)28-23(32)20-11-18(31)12-30(20)24(33)22(26)25(2,3)4/h7-10,14,18-20,22,31H,11-13,26H2,1-6H3,(H,28,32)/t18-,19?,20+,22?/m1/s1. The molecule has 1 saturated heterocycles. The molecule has 8 nitrogen and oxygen atoms in total. The minimum atomic E-state index is -0.756. The second-order valence-electron chi connectivity index (χ2n) is 10.5. The van der Waals surface area contributed by atoms with Gasteiger partial charge in [-0.3, -0.25) is 9.59 Å². The number of likely N-dealkylation sites (tertiary alicyclic amines) is 1. The van der Waals surface area contributed by atoms with Crippen molar-refractivity contribution in [2.45, 2.75) is 58.3 Å². The number of benzene rings is 1. The Balaban J connectivity index is 1.79. The second-order valence-corrected chi connectivity index (χ2v) is 11.3. The van der Waals surface area contributed by atoms with Crippen LogP contribution < -0.4 is 11.1 Å². The average molecular weight is 488 g/mol. The Hall–Kier alpha value is -2.33. The molecule has 186 valence electrons. The molecule has 2 heterocycles. The van der Waals surface area contributed by atoms with E-state index in [4.69, 9.17) is 5.73 Å². The van der Waals surface area contributed by atoms with Gasteiger partial charge in [0.25, 0.3) is 0 Å². The van der Waals surface area contributed by atoms with Crippen LogP contribution in [0.3, 0.4) is 0 Å². The van der Waals surface area contributed by atoms with Crippen molar-refractivity contribution in [3.63, 3.8) is 0 Å². The lowest BCUT2D eigenvalue weighted by Gasteiger charge is -2.33. The molecule has 1 aliphatic rings. The van der Waals surface area contributed by atoms with Crippen molar-refractivity contribution in [3.8, 4) is 10.4 Å². The summed E-state index contributed by atoms with van der Waals surface area (Å²) in [5.74, 6) is -0.585. The Labute approximate surface area is 206 Å². The number of rotatable bonds is 7. The molecule has 0 radical (unpaired) electrons. The molecule has 2 aromatic rings. The summed E-state index contributed by atoms with van der Waals surface area (Å²) >= 11 is 1.60. The van der Waals surface area contributed by atoms with Crippen LogP contribution >= 0.6 is 11.3 Å². The van der Waals surface area contributed by atoms with Crippen molar-refractivity contribution in [1.82, 2.24) is 20.1 Å². The number of nitrogens with two attached hydrogens (primary N) is 1. The fourth-order valence-electron chi connectivity index (χ4n) is 4.17. The largest absolute Gasteiger partial charge is 0.391 e. The van der Waals surface area contributed by atoms with E-state index < -0.39 is 23.6 Å². The number of β-amino-alcohol motifs (C(OH)–C–C–N with tert-alkyl or cyclic N) is 1. The van der Waals surface area contributed by atoms with Crippen molar-refractivity contribution in [3.05, 3.63) is 41.0 Å². The highest BCUT2D eigenvalue weighted by Gasteiger charge is 2.43. The molecule has 0 saturated carbocycles. The Morgan fingerprint density at radius 1 is 1.29 bits per heavy atom. The van der Waals surface area contributed by atoms with Crippen LogP contribution in [0.2, 0.25) is 0 Å². The number of aliphatic hydroxyl groups excluding tert-OH is 1. The predicted octanol–water partition coefficient (Wildman–Crippen LogP) is 2.17. The van der Waals surface area contributed by atoms with Crippen molar-refractivity contribution in [2.75, 3.05) is 27.2 Å². The third-order valence-corrected chi connectivity index (χ3v) is 7.23. The first-order valence-corrected chi connectivity index (χ1v) is 12.5. The SMILES string of the molecule is Cc1ncsc1-c1ccc(C(CN(C)C)NC(=O)[C@@H]2C[C@@H](O)CN2C(=O)C(N)C(C)(C)C)cc1. The van der Waals surface area contributed by atoms with E-state index in [0.29, 0.717) is 6.54 Å². The van der Waals surface area contributed by atoms with E-state index in [1.165, 1.54) is 4.90 Å². The highest BCUT2D eigenvalue weighted by atomic mass is 32.1. The summed E-state index contributed by atoms with van der Waals surface area (Å²) in [6.07, 6.45) is -0.548. The normalized spacial score (nSPS) is 20.4. The Morgan fingerprint density at radius 2 is 1.94 bits per heavy atom. The van der Waals surface area contributed by atoms with Gasteiger partial charge in [-0.25, -0.2) is 4.98 Å². The molecular weight excluding hydrogens is 450 g/mol. The zero-order chi connectivity index (χ0) is 25.2. The molecule has 0 aliphatic carbocycles. The van der Waals surface area contributed by atoms with Gasteiger partial charge in [-0.05, 0) is 37.6 Å². The molecule has 1 aromatic carbocycles. The highest BCUT2D eigenvalue weighted by Crippen LogP contribution is 2.29. The number of aryl methyl sites for hydroxylation is 1. The zero-order valence-electron chi connectivity index (χ0n) is 20.9. The molecule has 2 unspecified atom stereocenters. The fourth-order valence-corrected chi connectivity index (χ4v) is 4.98. The van der Waals surface area contributed by atoms with Gasteiger partial charge in [-0.2, -0.15) is 0 Å². The topological polar surface area (TPSA) is 112 Å². The van der Waals surface area contributed by atoms with E-state index in [0.717, 1.165) is 21.7 Å². The Kier molecular flexibility index (Phi) is 8.13. The number of aromatic nitrogens is 1. The van der Waals surface area contributed by atoms with E-state index in [1.54, 1.807) is 11.3 Å². The van der Waals surface area contributed by atoms with E-state index in [2.05, 4.69) is 10.3 Å². The van der Waals surface area contributed by atoms with Crippen LogP contribution in [0.5, 0.6) is 0 Å². The van der Waals surface area contributed by atoms with Crippen LogP contribution in [0.25, 0.3) is 10.4 Å². The third-order valence-electron chi connectivity index (χ3n) is 6.25. The molecule has 2 amide bonds. The first-order chi connectivity index (χ1) is 15.9. The van der Waals surface area contributed by atoms with Crippen LogP contribution in [0, 0.1) is 12.3 Å². The number of thiazole rings is 1. The minimum Gasteiger partial charge on any atom is -0.391 e. The number of nitrogens with one attached hydrogen (secondary N) is 1. The van der Waals surface area contributed by atoms with Gasteiger partial charge in [-0.1, -0.05) is 45.0 Å². The molecular formula is C25H37N5O3S. The number of carbonyl (C=O) groups excluding carboxylic acids is 2. The first-order valence-electron chi connectivity index (χ1n) is 11.6. The van der Waals surface area contributed by atoms with Gasteiger partial charge < -0.3 is 26.0 Å². The number of amides is 2. The summed E-state index contributed by atoms with van der Waals surface area (Å²) < 4.78 is 0. The smallest absolute Gasteiger partial charge is 0.243 e. The lowest BCUT2D eigenvalue weighted by Crippen LogP contribution is -2.55. The maximum Gasteiger partial charge on any atom is 0.243 e. The molecule has 1 fully saturated rings. The fraction of sp³-hybridized carbons (Fsp3) is 0.560. The average Bonchev–Trinajstić information content (AvgIpc) is 3.36. The van der Waals surface area contributed by atoms with E-state index >= 15 is 0 Å². The number of aliphatic hydroxyl groups is 1. The zero-order valence-corrected chi connectivity index (χ0v) is 21.7. The summed E-state index contributed by atoms with van der Waals surface area (Å²) in [7, 11) is 3.90.